The van der Waals surface area contributed by atoms with Crippen molar-refractivity contribution in [2.45, 2.75) is 0 Å². The van der Waals surface area contributed by atoms with Crippen LogP contribution in [0.5, 0.6) is 0 Å². The first kappa shape index (κ1) is 50.1. The van der Waals surface area contributed by atoms with E-state index in [9.17, 15) is 0 Å². The molecule has 12 rings (SSSR count). The van der Waals surface area contributed by atoms with E-state index in [0.717, 1.165) is 21.9 Å². The van der Waals surface area contributed by atoms with Gasteiger partial charge in [-0.2, -0.15) is 0 Å². The minimum absolute atomic E-state index is 0. The summed E-state index contributed by atoms with van der Waals surface area (Å²) in [5, 5.41) is 20.5. The van der Waals surface area contributed by atoms with Gasteiger partial charge in [0.1, 0.15) is 12.3 Å². The summed E-state index contributed by atoms with van der Waals surface area (Å²) in [7, 11) is -1.57. The van der Waals surface area contributed by atoms with Gasteiger partial charge in [-0.25, -0.2) is 0 Å². The molecule has 12 aromatic rings. The molecule has 0 saturated heterocycles. The van der Waals surface area contributed by atoms with Crippen LogP contribution >= 0.6 is 15.8 Å². The van der Waals surface area contributed by atoms with Gasteiger partial charge >= 0.3 is 44.8 Å². The fourth-order valence-corrected chi connectivity index (χ4v) is 16.0. The molecule has 0 spiro atoms. The summed E-state index contributed by atoms with van der Waals surface area (Å²) in [6, 6.07) is 90.4. The molecule has 0 saturated carbocycles. The summed E-state index contributed by atoms with van der Waals surface area (Å²) in [6.45, 7) is 0. The van der Waals surface area contributed by atoms with E-state index in [4.69, 9.17) is 12.8 Å². The van der Waals surface area contributed by atoms with Gasteiger partial charge in [0.15, 0.2) is 0 Å². The van der Waals surface area contributed by atoms with Crippen LogP contribution in [0.2, 0.25) is 0 Å². The summed E-state index contributed by atoms with van der Waals surface area (Å²) >= 11 is 0. The number of hydrogen-bond acceptors (Lipinski definition) is 0. The Morgan fingerprint density at radius 3 is 0.686 bits per heavy atom. The second-order valence-electron chi connectivity index (χ2n) is 16.8. The Hall–Kier alpha value is -6.34. The fraction of sp³-hybridized carbons (Fsp3) is 0.0303. The van der Waals surface area contributed by atoms with Crippen molar-refractivity contribution in [1.29, 1.82) is 0 Å². The Morgan fingerprint density at radius 2 is 0.443 bits per heavy atom. The molecule has 0 fully saturated rings. The Labute approximate surface area is 445 Å². The van der Waals surface area contributed by atoms with Crippen LogP contribution in [-0.2, 0) is 44.8 Å². The molecule has 0 bridgehead atoms. The van der Waals surface area contributed by atoms with Crippen molar-refractivity contribution in [1.82, 2.24) is 0 Å². The second-order valence-corrected chi connectivity index (χ2v) is 22.0. The van der Waals surface area contributed by atoms with E-state index >= 15 is 0 Å². The van der Waals surface area contributed by atoms with Crippen molar-refractivity contribution in [2.24, 2.45) is 0 Å². The first-order valence-electron chi connectivity index (χ1n) is 23.1. The molecule has 0 aromatic heterocycles. The topological polar surface area (TPSA) is 0 Å². The maximum atomic E-state index is 7.56. The van der Waals surface area contributed by atoms with E-state index in [1.807, 2.05) is 24.3 Å². The molecular weight excluding hydrogens is 1250 g/mol. The third-order valence-electron chi connectivity index (χ3n) is 12.9. The van der Waals surface area contributed by atoms with Crippen molar-refractivity contribution in [3.05, 3.63) is 279 Å². The van der Waals surface area contributed by atoms with Crippen LogP contribution in [-0.4, -0.2) is 12.3 Å². The van der Waals surface area contributed by atoms with E-state index in [-0.39, 0.29) is 44.8 Å². The quantitative estimate of drug-likeness (QED) is 0.0490. The minimum Gasteiger partial charge on any atom is -0.366 e. The van der Waals surface area contributed by atoms with E-state index in [0.29, 0.717) is 0 Å². The third-order valence-corrected chi connectivity index (χ3v) is 19.0. The van der Waals surface area contributed by atoms with Crippen molar-refractivity contribution >= 4 is 102 Å². The Morgan fingerprint density at radius 1 is 0.243 bits per heavy atom. The van der Waals surface area contributed by atoms with Gasteiger partial charge in [0.25, 0.3) is 0 Å². The summed E-state index contributed by atoms with van der Waals surface area (Å²) in [5.74, 6) is 5.15. The number of rotatable bonds is 7. The van der Waals surface area contributed by atoms with Crippen molar-refractivity contribution in [3.8, 4) is 11.8 Å². The predicted octanol–water partition coefficient (Wildman–Crippen LogP) is 14.9. The van der Waals surface area contributed by atoms with E-state index < -0.39 is 15.8 Å². The van der Waals surface area contributed by atoms with Gasteiger partial charge in [-0.1, -0.05) is 205 Å². The molecule has 0 nitrogen and oxygen atoms in total. The smallest absolute Gasteiger partial charge is 0.366 e. The van der Waals surface area contributed by atoms with Crippen LogP contribution in [0.3, 0.4) is 0 Å². The molecule has 0 atom stereocenters. The number of fused-ring (bicyclic) bond motifs is 12. The monoisotopic (exact) mass is 1300 g/mol. The van der Waals surface area contributed by atoms with Crippen molar-refractivity contribution in [2.75, 3.05) is 12.3 Å². The van der Waals surface area contributed by atoms with Crippen molar-refractivity contribution < 1.29 is 44.8 Å². The summed E-state index contributed by atoms with van der Waals surface area (Å²) < 4.78 is 0. The molecule has 70 heavy (non-hydrogen) atoms. The molecule has 0 aliphatic heterocycles. The second kappa shape index (κ2) is 24.0. The normalized spacial score (nSPS) is 10.7. The fourth-order valence-electron chi connectivity index (χ4n) is 9.84. The first-order valence-corrected chi connectivity index (χ1v) is 26.6. The number of hydrogen-bond donors (Lipinski definition) is 0. The Balaban J connectivity index is 0.000000142. The zero-order valence-electron chi connectivity index (χ0n) is 38.3. The summed E-state index contributed by atoms with van der Waals surface area (Å²) in [6.07, 6.45) is 17.6. The molecule has 0 radical (unpaired) electrons. The van der Waals surface area contributed by atoms with Crippen LogP contribution < -0.4 is 21.2 Å². The Bertz CT molecular complexity index is 3350. The van der Waals surface area contributed by atoms with Crippen LogP contribution in [0.25, 0.3) is 64.6 Å². The van der Waals surface area contributed by atoms with E-state index in [1.54, 1.807) is 0 Å². The molecule has 342 valence electrons. The molecule has 0 aliphatic rings. The maximum absolute atomic E-state index is 7.56. The van der Waals surface area contributed by atoms with Gasteiger partial charge in [0, 0.05) is 0 Å². The Kier molecular flexibility index (Phi) is 17.2. The van der Waals surface area contributed by atoms with E-state index in [2.05, 4.69) is 242 Å². The van der Waals surface area contributed by atoms with Gasteiger partial charge in [0.05, 0.1) is 37.1 Å². The van der Waals surface area contributed by atoms with Gasteiger partial charge in [-0.3, -0.25) is 11.8 Å². The standard InChI is InChI=1S/C26H24P2.2C20H11.2Au/c1-5-13-23(14-6-1)27(24-15-7-2-8-16-24)21-22-28(25-17-9-3-10-18-25)26-19-11-4-12-20-26;2*1-2-14-8-7-13-19-17-10-4-3-9-15(17)16-11-5-6-12-18(16)20(14)19;;/h1-20H,21-22H2;2*3-13H;;/q;2*-1;2*+1/p+2. The first-order chi connectivity index (χ1) is 33.7. The minimum atomic E-state index is -0.783. The zero-order valence-corrected chi connectivity index (χ0v) is 44.6. The average Bonchev–Trinajstić information content (AvgIpc) is 3.43. The molecule has 0 unspecified atom stereocenters. The average molecular weight is 1300 g/mol. The maximum Gasteiger partial charge on any atom is 1.00 e. The zero-order chi connectivity index (χ0) is 46.1. The predicted molar refractivity (Wildman–Crippen MR) is 301 cm³/mol. The summed E-state index contributed by atoms with van der Waals surface area (Å²) in [4.78, 5) is 0. The van der Waals surface area contributed by atoms with E-state index in [1.165, 1.54) is 87.4 Å². The van der Waals surface area contributed by atoms with Crippen molar-refractivity contribution in [3.63, 3.8) is 0 Å². The molecule has 12 aromatic carbocycles. The van der Waals surface area contributed by atoms with Crippen LogP contribution in [0.15, 0.2) is 255 Å². The molecule has 4 heteroatoms. The van der Waals surface area contributed by atoms with Gasteiger partial charge < -0.3 is 12.8 Å². The number of benzene rings is 12. The molecule has 0 amide bonds. The molecular formula is C66H48Au2P2+2. The summed E-state index contributed by atoms with van der Waals surface area (Å²) in [5.41, 5.74) is 1.70. The van der Waals surface area contributed by atoms with Crippen LogP contribution in [0.1, 0.15) is 11.1 Å². The van der Waals surface area contributed by atoms with Gasteiger partial charge in [-0.15, -0.1) is 23.3 Å². The molecule has 0 aliphatic carbocycles. The van der Waals surface area contributed by atoms with Crippen LogP contribution in [0, 0.1) is 24.7 Å². The van der Waals surface area contributed by atoms with Gasteiger partial charge in [-0.05, 0) is 102 Å². The molecule has 0 heterocycles. The largest absolute Gasteiger partial charge is 1.00 e. The molecule has 0 N–H and O–H groups in total. The van der Waals surface area contributed by atoms with Crippen LogP contribution in [0.4, 0.5) is 0 Å². The van der Waals surface area contributed by atoms with Gasteiger partial charge in [0.2, 0.25) is 0 Å². The SMILES string of the molecule is [Au+].[Au+].[C-]#Cc1cccc2c3ccccc3c3ccccc3c12.[C-]#Cc1cccc2c3ccccc3c3ccccc3c12.c1ccc([PH+](CC[PH+](c2ccccc2)c2ccccc2)c2ccccc2)cc1. The third kappa shape index (κ3) is 10.5.